The Morgan fingerprint density at radius 2 is 2.12 bits per heavy atom. The molecule has 4 heteroatoms. The van der Waals surface area contributed by atoms with Crippen LogP contribution in [-0.4, -0.2) is 6.54 Å². The summed E-state index contributed by atoms with van der Waals surface area (Å²) in [5.41, 5.74) is -0.220. The van der Waals surface area contributed by atoms with Gasteiger partial charge in [-0.1, -0.05) is 25.0 Å². The molecule has 0 aliphatic heterocycles. The van der Waals surface area contributed by atoms with E-state index in [4.69, 9.17) is 6.42 Å². The molecule has 0 heterocycles. The lowest BCUT2D eigenvalue weighted by molar-refractivity contribution is -0.137. The summed E-state index contributed by atoms with van der Waals surface area (Å²) in [6.07, 6.45) is 0.924. The Morgan fingerprint density at radius 3 is 2.62 bits per heavy atom. The van der Waals surface area contributed by atoms with Crippen LogP contribution >= 0.6 is 0 Å². The zero-order valence-electron chi connectivity index (χ0n) is 8.81. The third kappa shape index (κ3) is 3.01. The Kier molecular flexibility index (Phi) is 3.97. The van der Waals surface area contributed by atoms with Crippen molar-refractivity contribution in [1.29, 1.82) is 0 Å². The molecule has 0 radical (unpaired) electrons. The second-order valence-corrected chi connectivity index (χ2v) is 3.28. The van der Waals surface area contributed by atoms with Crippen LogP contribution in [0.2, 0.25) is 0 Å². The highest BCUT2D eigenvalue weighted by Gasteiger charge is 2.30. The van der Waals surface area contributed by atoms with E-state index in [2.05, 4.69) is 11.2 Å². The molecule has 1 aromatic carbocycles. The average Bonchev–Trinajstić information content (AvgIpc) is 2.25. The molecule has 0 fully saturated rings. The van der Waals surface area contributed by atoms with Gasteiger partial charge in [0, 0.05) is 0 Å². The molecule has 0 amide bonds. The van der Waals surface area contributed by atoms with Gasteiger partial charge in [-0.2, -0.15) is 13.2 Å². The topological polar surface area (TPSA) is 12.0 Å². The Labute approximate surface area is 92.7 Å². The fourth-order valence-corrected chi connectivity index (χ4v) is 1.37. The fourth-order valence-electron chi connectivity index (χ4n) is 1.37. The van der Waals surface area contributed by atoms with Crippen LogP contribution in [0.15, 0.2) is 24.3 Å². The maximum atomic E-state index is 12.4. The molecule has 0 aromatic heterocycles. The molecule has 1 unspecified atom stereocenters. The summed E-state index contributed by atoms with van der Waals surface area (Å²) >= 11 is 0. The summed E-state index contributed by atoms with van der Waals surface area (Å²) in [6.45, 7) is 2.45. The van der Waals surface area contributed by atoms with Gasteiger partial charge >= 0.3 is 6.18 Å². The van der Waals surface area contributed by atoms with Gasteiger partial charge in [-0.15, -0.1) is 6.42 Å². The highest BCUT2D eigenvalue weighted by atomic mass is 19.4. The first kappa shape index (κ1) is 12.6. The lowest BCUT2D eigenvalue weighted by atomic mass is 10.0. The molecule has 1 N–H and O–H groups in total. The van der Waals surface area contributed by atoms with E-state index in [-0.39, 0.29) is 0 Å². The van der Waals surface area contributed by atoms with Crippen molar-refractivity contribution < 1.29 is 13.2 Å². The van der Waals surface area contributed by atoms with Gasteiger partial charge in [-0.05, 0) is 24.2 Å². The van der Waals surface area contributed by atoms with E-state index in [9.17, 15) is 13.2 Å². The average molecular weight is 227 g/mol. The number of alkyl halides is 3. The molecule has 86 valence electrons. The normalized spacial score (nSPS) is 13.2. The summed E-state index contributed by atoms with van der Waals surface area (Å²) in [5.74, 6) is 2.42. The van der Waals surface area contributed by atoms with Crippen LogP contribution < -0.4 is 5.32 Å². The predicted octanol–water partition coefficient (Wildman–Crippen LogP) is 2.99. The molecular formula is C12H12F3N. The van der Waals surface area contributed by atoms with Crippen LogP contribution in [0.3, 0.4) is 0 Å². The first-order valence-corrected chi connectivity index (χ1v) is 4.85. The second-order valence-electron chi connectivity index (χ2n) is 3.28. The largest absolute Gasteiger partial charge is 0.416 e. The molecule has 0 bridgehead atoms. The van der Waals surface area contributed by atoms with Crippen molar-refractivity contribution in [3.8, 4) is 12.3 Å². The van der Waals surface area contributed by atoms with Gasteiger partial charge in [0.05, 0.1) is 11.6 Å². The van der Waals surface area contributed by atoms with Crippen LogP contribution in [0.4, 0.5) is 13.2 Å². The van der Waals surface area contributed by atoms with Crippen molar-refractivity contribution in [1.82, 2.24) is 5.32 Å². The lowest BCUT2D eigenvalue weighted by Crippen LogP contribution is -2.19. The molecule has 1 rings (SSSR count). The molecule has 1 nitrogen and oxygen atoms in total. The van der Waals surface area contributed by atoms with Crippen molar-refractivity contribution in [3.63, 3.8) is 0 Å². The van der Waals surface area contributed by atoms with Crippen LogP contribution in [0.25, 0.3) is 0 Å². The third-order valence-electron chi connectivity index (χ3n) is 2.12. The van der Waals surface area contributed by atoms with Crippen molar-refractivity contribution in [2.45, 2.75) is 19.1 Å². The van der Waals surface area contributed by atoms with Crippen molar-refractivity contribution >= 4 is 0 Å². The van der Waals surface area contributed by atoms with Crippen molar-refractivity contribution in [2.24, 2.45) is 0 Å². The Hall–Kier alpha value is -1.47. The monoisotopic (exact) mass is 227 g/mol. The highest BCUT2D eigenvalue weighted by molar-refractivity contribution is 5.31. The van der Waals surface area contributed by atoms with Gasteiger partial charge in [-0.25, -0.2) is 0 Å². The van der Waals surface area contributed by atoms with Crippen LogP contribution in [0, 0.1) is 12.3 Å². The Morgan fingerprint density at radius 1 is 1.44 bits per heavy atom. The van der Waals surface area contributed by atoms with E-state index in [0.717, 1.165) is 12.1 Å². The zero-order valence-corrected chi connectivity index (χ0v) is 8.81. The zero-order chi connectivity index (χ0) is 12.2. The van der Waals surface area contributed by atoms with Gasteiger partial charge in [0.1, 0.15) is 0 Å². The molecular weight excluding hydrogens is 215 g/mol. The second kappa shape index (κ2) is 5.04. The first-order chi connectivity index (χ1) is 7.49. The number of hydrogen-bond donors (Lipinski definition) is 1. The van der Waals surface area contributed by atoms with E-state index >= 15 is 0 Å². The van der Waals surface area contributed by atoms with Gasteiger partial charge in [0.25, 0.3) is 0 Å². The number of terminal acetylenes is 1. The first-order valence-electron chi connectivity index (χ1n) is 4.85. The summed E-state index contributed by atoms with van der Waals surface area (Å²) < 4.78 is 37.3. The van der Waals surface area contributed by atoms with E-state index in [1.54, 1.807) is 6.07 Å². The van der Waals surface area contributed by atoms with E-state index < -0.39 is 17.8 Å². The maximum absolute atomic E-state index is 12.4. The smallest absolute Gasteiger partial charge is 0.300 e. The Balaban J connectivity index is 3.03. The minimum absolute atomic E-state index is 0.458. The lowest BCUT2D eigenvalue weighted by Gasteiger charge is -2.14. The summed E-state index contributed by atoms with van der Waals surface area (Å²) in [6, 6.07) is 4.57. The summed E-state index contributed by atoms with van der Waals surface area (Å²) in [4.78, 5) is 0. The minimum atomic E-state index is -4.33. The number of halogens is 3. The van der Waals surface area contributed by atoms with Gasteiger partial charge in [0.2, 0.25) is 0 Å². The molecule has 16 heavy (non-hydrogen) atoms. The molecule has 0 aliphatic rings. The molecule has 0 aliphatic carbocycles. The molecule has 0 saturated heterocycles. The summed E-state index contributed by atoms with van der Waals surface area (Å²) in [7, 11) is 0. The molecule has 1 atom stereocenters. The van der Waals surface area contributed by atoms with Gasteiger partial charge in [0.15, 0.2) is 0 Å². The number of hydrogen-bond acceptors (Lipinski definition) is 1. The van der Waals surface area contributed by atoms with Crippen molar-refractivity contribution in [3.05, 3.63) is 35.4 Å². The quantitative estimate of drug-likeness (QED) is 0.783. The standard InChI is InChI=1S/C12H12F3N/c1-3-11(16-4-2)9-6-5-7-10(8-9)12(13,14)15/h1,5-8,11,16H,4H2,2H3. The molecule has 0 saturated carbocycles. The summed E-state index contributed by atoms with van der Waals surface area (Å²) in [5, 5.41) is 2.92. The predicted molar refractivity (Wildman–Crippen MR) is 56.7 cm³/mol. The highest BCUT2D eigenvalue weighted by Crippen LogP contribution is 2.30. The van der Waals surface area contributed by atoms with Crippen LogP contribution in [-0.2, 0) is 6.18 Å². The van der Waals surface area contributed by atoms with E-state index in [1.807, 2.05) is 6.92 Å². The third-order valence-corrected chi connectivity index (χ3v) is 2.12. The van der Waals surface area contributed by atoms with Gasteiger partial charge < -0.3 is 5.32 Å². The van der Waals surface area contributed by atoms with Crippen LogP contribution in [0.1, 0.15) is 24.1 Å². The van der Waals surface area contributed by atoms with E-state index in [1.165, 1.54) is 6.07 Å². The van der Waals surface area contributed by atoms with E-state index in [0.29, 0.717) is 12.1 Å². The SMILES string of the molecule is C#CC(NCC)c1cccc(C(F)(F)F)c1. The van der Waals surface area contributed by atoms with Crippen LogP contribution in [0.5, 0.6) is 0 Å². The Bertz CT molecular complexity index is 390. The fraction of sp³-hybridized carbons (Fsp3) is 0.333. The number of nitrogens with one attached hydrogen (secondary N) is 1. The van der Waals surface area contributed by atoms with Crippen molar-refractivity contribution in [2.75, 3.05) is 6.54 Å². The van der Waals surface area contributed by atoms with Gasteiger partial charge in [-0.3, -0.25) is 0 Å². The minimum Gasteiger partial charge on any atom is -0.300 e. The molecule has 1 aromatic rings. The molecule has 0 spiro atoms. The maximum Gasteiger partial charge on any atom is 0.416 e. The number of rotatable bonds is 3. The number of benzene rings is 1.